The number of nitrogens with zero attached hydrogens (tertiary/aromatic N) is 1. The van der Waals surface area contributed by atoms with Gasteiger partial charge in [-0.25, -0.2) is 9.78 Å². The fourth-order valence-electron chi connectivity index (χ4n) is 1.26. The molecule has 0 aliphatic rings. The van der Waals surface area contributed by atoms with Crippen molar-refractivity contribution in [3.8, 4) is 0 Å². The summed E-state index contributed by atoms with van der Waals surface area (Å²) in [6, 6.07) is 2.86. The Balaban J connectivity index is 2.90. The lowest BCUT2D eigenvalue weighted by Gasteiger charge is -2.01. The predicted octanol–water partition coefficient (Wildman–Crippen LogP) is 1.93. The van der Waals surface area contributed by atoms with E-state index in [0.717, 1.165) is 0 Å². The van der Waals surface area contributed by atoms with Crippen LogP contribution in [0.25, 0.3) is 11.0 Å². The summed E-state index contributed by atoms with van der Waals surface area (Å²) in [7, 11) is 0. The lowest BCUT2D eigenvalue weighted by molar-refractivity contribution is 0.0689. The van der Waals surface area contributed by atoms with E-state index in [1.807, 2.05) is 0 Å². The highest BCUT2D eigenvalue weighted by atomic mass is 35.5. The molecule has 0 bridgehead atoms. The average molecular weight is 259 g/mol. The second-order valence-electron chi connectivity index (χ2n) is 3.00. The second kappa shape index (κ2) is 3.77. The Labute approximate surface area is 98.6 Å². The first-order valence-electron chi connectivity index (χ1n) is 4.11. The highest BCUT2D eigenvalue weighted by Gasteiger charge is 2.13. The van der Waals surface area contributed by atoms with Crippen LogP contribution in [0.15, 0.2) is 16.9 Å². The average Bonchev–Trinajstić information content (AvgIpc) is 2.18. The van der Waals surface area contributed by atoms with Gasteiger partial charge >= 0.3 is 5.97 Å². The third-order valence-corrected chi connectivity index (χ3v) is 2.44. The van der Waals surface area contributed by atoms with E-state index >= 15 is 0 Å². The molecule has 0 unspecified atom stereocenters. The molecule has 16 heavy (non-hydrogen) atoms. The van der Waals surface area contributed by atoms with Gasteiger partial charge in [-0.3, -0.25) is 4.79 Å². The fraction of sp³-hybridized carbons (Fsp3) is 0. The number of benzene rings is 1. The van der Waals surface area contributed by atoms with Gasteiger partial charge in [0.15, 0.2) is 0 Å². The van der Waals surface area contributed by atoms with E-state index in [2.05, 4.69) is 9.97 Å². The molecule has 0 saturated heterocycles. The van der Waals surface area contributed by atoms with Crippen molar-refractivity contribution in [3.63, 3.8) is 0 Å². The molecule has 1 aromatic carbocycles. The molecule has 0 aliphatic heterocycles. The summed E-state index contributed by atoms with van der Waals surface area (Å²) in [4.78, 5) is 28.0. The molecule has 0 fully saturated rings. The summed E-state index contributed by atoms with van der Waals surface area (Å²) in [5.41, 5.74) is -0.898. The fourth-order valence-corrected chi connectivity index (χ4v) is 1.79. The molecule has 0 amide bonds. The molecule has 0 aliphatic carbocycles. The number of aromatic amines is 1. The lowest BCUT2D eigenvalue weighted by atomic mass is 10.3. The standard InChI is InChI=1S/C9H4Cl2N2O3/c10-3-1-4(11)6-5(2-3)12-7(9(15)16)8(14)13-6/h1-2H,(H,13,14)(H,15,16). The van der Waals surface area contributed by atoms with Gasteiger partial charge in [-0.2, -0.15) is 0 Å². The number of nitrogens with one attached hydrogen (secondary N) is 1. The molecule has 1 aromatic heterocycles. The summed E-state index contributed by atoms with van der Waals surface area (Å²) in [6.45, 7) is 0. The molecule has 2 rings (SSSR count). The van der Waals surface area contributed by atoms with Gasteiger partial charge in [0.05, 0.1) is 16.1 Å². The molecular weight excluding hydrogens is 255 g/mol. The maximum atomic E-state index is 11.3. The minimum Gasteiger partial charge on any atom is -0.476 e. The molecule has 0 saturated carbocycles. The molecule has 0 spiro atoms. The number of carbonyl (C=O) groups is 1. The number of carboxylic acid groups (broad SMARTS) is 1. The van der Waals surface area contributed by atoms with Gasteiger partial charge in [-0.15, -0.1) is 0 Å². The van der Waals surface area contributed by atoms with Gasteiger partial charge in [-0.05, 0) is 12.1 Å². The van der Waals surface area contributed by atoms with Crippen LogP contribution in [-0.2, 0) is 0 Å². The first kappa shape index (κ1) is 10.9. The number of fused-ring (bicyclic) bond motifs is 1. The van der Waals surface area contributed by atoms with Crippen LogP contribution in [-0.4, -0.2) is 21.0 Å². The maximum Gasteiger partial charge on any atom is 0.360 e. The van der Waals surface area contributed by atoms with Crippen molar-refractivity contribution in [2.24, 2.45) is 0 Å². The van der Waals surface area contributed by atoms with E-state index in [1.54, 1.807) is 0 Å². The third kappa shape index (κ3) is 1.75. The van der Waals surface area contributed by atoms with Crippen molar-refractivity contribution < 1.29 is 9.90 Å². The van der Waals surface area contributed by atoms with Gasteiger partial charge in [0.25, 0.3) is 5.56 Å². The Morgan fingerprint density at radius 2 is 2.06 bits per heavy atom. The second-order valence-corrected chi connectivity index (χ2v) is 3.85. The van der Waals surface area contributed by atoms with E-state index in [0.29, 0.717) is 5.02 Å². The third-order valence-electron chi connectivity index (χ3n) is 1.92. The van der Waals surface area contributed by atoms with Crippen LogP contribution in [0.5, 0.6) is 0 Å². The smallest absolute Gasteiger partial charge is 0.360 e. The van der Waals surface area contributed by atoms with Crippen molar-refractivity contribution in [3.05, 3.63) is 38.2 Å². The van der Waals surface area contributed by atoms with E-state index in [1.165, 1.54) is 12.1 Å². The molecule has 1 heterocycles. The van der Waals surface area contributed by atoms with Gasteiger partial charge < -0.3 is 10.1 Å². The van der Waals surface area contributed by atoms with Crippen molar-refractivity contribution in [1.82, 2.24) is 9.97 Å². The van der Waals surface area contributed by atoms with Crippen LogP contribution < -0.4 is 5.56 Å². The monoisotopic (exact) mass is 258 g/mol. The maximum absolute atomic E-state index is 11.3. The van der Waals surface area contributed by atoms with E-state index in [9.17, 15) is 9.59 Å². The summed E-state index contributed by atoms with van der Waals surface area (Å²) in [5, 5.41) is 9.24. The highest BCUT2D eigenvalue weighted by molar-refractivity contribution is 6.38. The Bertz CT molecular complexity index is 651. The Morgan fingerprint density at radius 1 is 1.38 bits per heavy atom. The van der Waals surface area contributed by atoms with Crippen molar-refractivity contribution in [1.29, 1.82) is 0 Å². The number of hydrogen-bond donors (Lipinski definition) is 2. The van der Waals surface area contributed by atoms with Crippen molar-refractivity contribution >= 4 is 40.2 Å². The Hall–Kier alpha value is -1.59. The van der Waals surface area contributed by atoms with Crippen LogP contribution in [0.2, 0.25) is 10.0 Å². The van der Waals surface area contributed by atoms with Crippen LogP contribution in [0.4, 0.5) is 0 Å². The van der Waals surface area contributed by atoms with E-state index in [4.69, 9.17) is 28.3 Å². The minimum atomic E-state index is -1.40. The van der Waals surface area contributed by atoms with Gasteiger partial charge in [0.2, 0.25) is 5.69 Å². The zero-order chi connectivity index (χ0) is 11.9. The molecule has 2 aromatic rings. The summed E-state index contributed by atoms with van der Waals surface area (Å²) in [5.74, 6) is -1.40. The Morgan fingerprint density at radius 3 is 2.69 bits per heavy atom. The van der Waals surface area contributed by atoms with Crippen molar-refractivity contribution in [2.45, 2.75) is 0 Å². The molecule has 82 valence electrons. The molecule has 0 radical (unpaired) electrons. The number of aromatic nitrogens is 2. The predicted molar refractivity (Wildman–Crippen MR) is 59.3 cm³/mol. The zero-order valence-electron chi connectivity index (χ0n) is 7.62. The normalized spacial score (nSPS) is 10.6. The van der Waals surface area contributed by atoms with Crippen LogP contribution in [0.3, 0.4) is 0 Å². The Kier molecular flexibility index (Phi) is 2.57. The number of H-pyrrole nitrogens is 1. The van der Waals surface area contributed by atoms with Gasteiger partial charge in [0.1, 0.15) is 0 Å². The summed E-state index contributed by atoms with van der Waals surface area (Å²) < 4.78 is 0. The first-order chi connectivity index (χ1) is 7.49. The molecule has 5 nitrogen and oxygen atoms in total. The summed E-state index contributed by atoms with van der Waals surface area (Å²) in [6.07, 6.45) is 0. The van der Waals surface area contributed by atoms with Crippen LogP contribution >= 0.6 is 23.2 Å². The largest absolute Gasteiger partial charge is 0.476 e. The SMILES string of the molecule is O=C(O)c1nc2cc(Cl)cc(Cl)c2[nH]c1=O. The van der Waals surface area contributed by atoms with Gasteiger partial charge in [0, 0.05) is 5.02 Å². The molecular formula is C9H4Cl2N2O3. The highest BCUT2D eigenvalue weighted by Crippen LogP contribution is 2.24. The van der Waals surface area contributed by atoms with Crippen LogP contribution in [0.1, 0.15) is 10.5 Å². The minimum absolute atomic E-state index is 0.212. The molecule has 2 N–H and O–H groups in total. The lowest BCUT2D eigenvalue weighted by Crippen LogP contribution is -2.19. The van der Waals surface area contributed by atoms with E-state index in [-0.39, 0.29) is 16.1 Å². The first-order valence-corrected chi connectivity index (χ1v) is 4.87. The van der Waals surface area contributed by atoms with Crippen molar-refractivity contribution in [2.75, 3.05) is 0 Å². The van der Waals surface area contributed by atoms with Crippen LogP contribution in [0, 0.1) is 0 Å². The number of rotatable bonds is 1. The summed E-state index contributed by atoms with van der Waals surface area (Å²) >= 11 is 11.6. The number of hydrogen-bond acceptors (Lipinski definition) is 3. The topological polar surface area (TPSA) is 83.0 Å². The zero-order valence-corrected chi connectivity index (χ0v) is 9.13. The number of aromatic carboxylic acids is 1. The number of halogens is 2. The molecule has 0 atom stereocenters. The van der Waals surface area contributed by atoms with E-state index < -0.39 is 17.2 Å². The number of carboxylic acids is 1. The quantitative estimate of drug-likeness (QED) is 0.819. The molecule has 7 heteroatoms. The van der Waals surface area contributed by atoms with Gasteiger partial charge in [-0.1, -0.05) is 23.2 Å².